The Kier molecular flexibility index (Phi) is 4.96. The molecule has 6 nitrogen and oxygen atoms in total. The summed E-state index contributed by atoms with van der Waals surface area (Å²) in [6.07, 6.45) is 6.25. The van der Waals surface area contributed by atoms with Gasteiger partial charge in [0, 0.05) is 42.2 Å². The maximum atomic E-state index is 14.0. The summed E-state index contributed by atoms with van der Waals surface area (Å²) in [4.78, 5) is 19.5. The van der Waals surface area contributed by atoms with E-state index in [1.54, 1.807) is 18.5 Å². The van der Waals surface area contributed by atoms with Gasteiger partial charge in [-0.2, -0.15) is 0 Å². The first-order chi connectivity index (χ1) is 14.7. The van der Waals surface area contributed by atoms with E-state index in [9.17, 15) is 4.39 Å². The summed E-state index contributed by atoms with van der Waals surface area (Å²) in [6.45, 7) is 3.64. The number of aryl methyl sites for hydroxylation is 2. The second kappa shape index (κ2) is 7.91. The number of hydrogen-bond donors (Lipinski definition) is 1. The number of hydrogen-bond acceptors (Lipinski definition) is 6. The summed E-state index contributed by atoms with van der Waals surface area (Å²) in [5.74, 6) is 0.291. The first-order valence-electron chi connectivity index (χ1n) is 10.2. The lowest BCUT2D eigenvalue weighted by molar-refractivity contribution is 0.0228. The molecule has 0 unspecified atom stereocenters. The number of rotatable bonds is 4. The van der Waals surface area contributed by atoms with Crippen molar-refractivity contribution in [3.63, 3.8) is 0 Å². The molecule has 152 valence electrons. The molecule has 1 aliphatic heterocycles. The Morgan fingerprint density at radius 3 is 2.80 bits per heavy atom. The summed E-state index contributed by atoms with van der Waals surface area (Å²) in [5.41, 5.74) is 6.09. The van der Waals surface area contributed by atoms with Crippen molar-refractivity contribution < 1.29 is 9.23 Å². The average Bonchev–Trinajstić information content (AvgIpc) is 2.73. The van der Waals surface area contributed by atoms with Gasteiger partial charge in [-0.3, -0.25) is 4.98 Å². The normalized spacial score (nSPS) is 17.5. The van der Waals surface area contributed by atoms with Gasteiger partial charge >= 0.3 is 0 Å². The zero-order chi connectivity index (χ0) is 20.5. The summed E-state index contributed by atoms with van der Waals surface area (Å²) in [6, 6.07) is 8.44. The van der Waals surface area contributed by atoms with Gasteiger partial charge in [0.2, 0.25) is 0 Å². The smallest absolute Gasteiger partial charge is 0.160 e. The van der Waals surface area contributed by atoms with E-state index in [2.05, 4.69) is 15.5 Å². The Balaban J connectivity index is 1.57. The van der Waals surface area contributed by atoms with E-state index in [1.807, 2.05) is 19.1 Å². The maximum absolute atomic E-state index is 14.0. The fraction of sp³-hybridized carbons (Fsp3) is 0.304. The van der Waals surface area contributed by atoms with Crippen LogP contribution in [-0.4, -0.2) is 39.9 Å². The molecule has 2 aromatic heterocycles. The van der Waals surface area contributed by atoms with Gasteiger partial charge in [0.1, 0.15) is 5.82 Å². The van der Waals surface area contributed by atoms with Gasteiger partial charge in [-0.15, -0.1) is 0 Å². The Hall–Kier alpha value is -3.19. The number of benzene rings is 1. The summed E-state index contributed by atoms with van der Waals surface area (Å²) in [5, 5.41) is 7.60. The van der Waals surface area contributed by atoms with E-state index in [4.69, 9.17) is 14.8 Å². The number of fused-ring (bicyclic) bond motifs is 1. The van der Waals surface area contributed by atoms with Crippen molar-refractivity contribution in [1.82, 2.24) is 20.3 Å². The summed E-state index contributed by atoms with van der Waals surface area (Å²) >= 11 is 0. The summed E-state index contributed by atoms with van der Waals surface area (Å²) < 4.78 is 14.0. The number of nitrogens with zero attached hydrogens (tertiary/aromatic N) is 4. The zero-order valence-corrected chi connectivity index (χ0v) is 16.7. The highest BCUT2D eigenvalue weighted by Gasteiger charge is 2.25. The summed E-state index contributed by atoms with van der Waals surface area (Å²) in [7, 11) is 0. The minimum absolute atomic E-state index is 0.143. The quantitative estimate of drug-likeness (QED) is 0.673. The first-order valence-corrected chi connectivity index (χ1v) is 10.2. The average molecular weight is 403 g/mol. The highest BCUT2D eigenvalue weighted by atomic mass is 19.1. The van der Waals surface area contributed by atoms with Crippen LogP contribution < -0.4 is 5.32 Å². The van der Waals surface area contributed by atoms with E-state index >= 15 is 0 Å². The third-order valence-electron chi connectivity index (χ3n) is 5.53. The van der Waals surface area contributed by atoms with E-state index in [-0.39, 0.29) is 11.9 Å². The third-order valence-corrected chi connectivity index (χ3v) is 5.53. The maximum Gasteiger partial charge on any atom is 0.160 e. The van der Waals surface area contributed by atoms with Crippen LogP contribution in [0.25, 0.3) is 22.5 Å². The second-order valence-electron chi connectivity index (χ2n) is 7.66. The number of oxime groups is 1. The number of pyridine rings is 1. The molecule has 0 atom stereocenters. The highest BCUT2D eigenvalue weighted by Crippen LogP contribution is 2.33. The van der Waals surface area contributed by atoms with Gasteiger partial charge in [-0.05, 0) is 56.0 Å². The number of nitrogens with one attached hydrogen (secondary N) is 1. The van der Waals surface area contributed by atoms with Crippen LogP contribution in [0, 0.1) is 12.7 Å². The van der Waals surface area contributed by atoms with Crippen molar-refractivity contribution in [1.29, 1.82) is 0 Å². The van der Waals surface area contributed by atoms with E-state index in [0.717, 1.165) is 71.7 Å². The van der Waals surface area contributed by atoms with Crippen LogP contribution in [0.4, 0.5) is 4.39 Å². The predicted octanol–water partition coefficient (Wildman–Crippen LogP) is 3.68. The molecule has 1 aromatic carbocycles. The van der Waals surface area contributed by atoms with E-state index in [1.165, 1.54) is 12.1 Å². The molecule has 0 bridgehead atoms. The van der Waals surface area contributed by atoms with Crippen LogP contribution in [0.3, 0.4) is 0 Å². The SMILES string of the molecule is Cc1nc(-c2ccc(F)cc2-c2cccnc2)nc2c1C(=NOC1CNC1)CCC2. The van der Waals surface area contributed by atoms with Gasteiger partial charge in [0.05, 0.1) is 17.1 Å². The van der Waals surface area contributed by atoms with Crippen LogP contribution in [0.5, 0.6) is 0 Å². The lowest BCUT2D eigenvalue weighted by atomic mass is 9.92. The predicted molar refractivity (Wildman–Crippen MR) is 113 cm³/mol. The van der Waals surface area contributed by atoms with Gasteiger partial charge in [-0.1, -0.05) is 11.2 Å². The Bertz CT molecular complexity index is 1110. The van der Waals surface area contributed by atoms with Gasteiger partial charge in [0.15, 0.2) is 11.9 Å². The van der Waals surface area contributed by atoms with Crippen LogP contribution in [-0.2, 0) is 11.3 Å². The third kappa shape index (κ3) is 3.57. The van der Waals surface area contributed by atoms with Crippen molar-refractivity contribution in [2.24, 2.45) is 5.16 Å². The molecule has 5 rings (SSSR count). The fourth-order valence-corrected chi connectivity index (χ4v) is 3.90. The Morgan fingerprint density at radius 1 is 1.13 bits per heavy atom. The lowest BCUT2D eigenvalue weighted by Crippen LogP contribution is -2.47. The van der Waals surface area contributed by atoms with Crippen molar-refractivity contribution >= 4 is 5.71 Å². The molecule has 1 fully saturated rings. The minimum Gasteiger partial charge on any atom is -0.390 e. The van der Waals surface area contributed by atoms with Crippen LogP contribution in [0.1, 0.15) is 29.8 Å². The largest absolute Gasteiger partial charge is 0.390 e. The molecule has 2 aliphatic rings. The van der Waals surface area contributed by atoms with Crippen LogP contribution in [0.2, 0.25) is 0 Å². The molecule has 0 radical (unpaired) electrons. The number of halogens is 1. The van der Waals surface area contributed by atoms with Crippen molar-refractivity contribution in [2.45, 2.75) is 32.3 Å². The van der Waals surface area contributed by atoms with E-state index < -0.39 is 0 Å². The standard InChI is InChI=1S/C23H22FN5O/c1-14-22-20(5-2-6-21(22)29-30-17-12-26-13-17)28-23(27-14)18-8-7-16(24)10-19(18)15-4-3-9-25-11-15/h3-4,7-11,17,26H,2,5-6,12-13H2,1H3. The fourth-order valence-electron chi connectivity index (χ4n) is 3.90. The molecular formula is C23H22FN5O. The molecule has 30 heavy (non-hydrogen) atoms. The second-order valence-corrected chi connectivity index (χ2v) is 7.66. The first kappa shape index (κ1) is 18.8. The number of aromatic nitrogens is 3. The molecule has 3 aromatic rings. The van der Waals surface area contributed by atoms with Gasteiger partial charge in [-0.25, -0.2) is 14.4 Å². The molecular weight excluding hydrogens is 381 g/mol. The molecule has 7 heteroatoms. The molecule has 1 N–H and O–H groups in total. The van der Waals surface area contributed by atoms with Gasteiger partial charge in [0.25, 0.3) is 0 Å². The van der Waals surface area contributed by atoms with Crippen LogP contribution in [0.15, 0.2) is 47.9 Å². The molecule has 3 heterocycles. The lowest BCUT2D eigenvalue weighted by Gasteiger charge is -2.26. The molecule has 0 saturated carbocycles. The van der Waals surface area contributed by atoms with E-state index in [0.29, 0.717) is 5.82 Å². The Morgan fingerprint density at radius 2 is 2.03 bits per heavy atom. The van der Waals surface area contributed by atoms with Crippen LogP contribution >= 0.6 is 0 Å². The Labute approximate surface area is 174 Å². The zero-order valence-electron chi connectivity index (χ0n) is 16.7. The van der Waals surface area contributed by atoms with Crippen molar-refractivity contribution in [2.75, 3.05) is 13.1 Å². The topological polar surface area (TPSA) is 72.3 Å². The highest BCUT2D eigenvalue weighted by molar-refractivity contribution is 6.03. The molecule has 0 spiro atoms. The van der Waals surface area contributed by atoms with Crippen molar-refractivity contribution in [3.8, 4) is 22.5 Å². The monoisotopic (exact) mass is 403 g/mol. The van der Waals surface area contributed by atoms with Crippen molar-refractivity contribution in [3.05, 3.63) is 65.5 Å². The molecule has 1 aliphatic carbocycles. The molecule has 0 amide bonds. The van der Waals surface area contributed by atoms with Gasteiger partial charge < -0.3 is 10.2 Å². The minimum atomic E-state index is -0.302. The molecule has 1 saturated heterocycles.